The fourth-order valence-corrected chi connectivity index (χ4v) is 1.98. The zero-order chi connectivity index (χ0) is 12.3. The van der Waals surface area contributed by atoms with E-state index in [4.69, 9.17) is 4.52 Å². The molecule has 4 nitrogen and oxygen atoms in total. The summed E-state index contributed by atoms with van der Waals surface area (Å²) in [6.45, 7) is 4.80. The van der Waals surface area contributed by atoms with E-state index in [9.17, 15) is 0 Å². The third-order valence-electron chi connectivity index (χ3n) is 2.24. The maximum Gasteiger partial charge on any atom is 0.259 e. The summed E-state index contributed by atoms with van der Waals surface area (Å²) in [6, 6.07) is 8.37. The van der Waals surface area contributed by atoms with Gasteiger partial charge in [0.15, 0.2) is 5.82 Å². The topological polar surface area (TPSA) is 51.0 Å². The second-order valence-electron chi connectivity index (χ2n) is 4.03. The van der Waals surface area contributed by atoms with Crippen LogP contribution in [0.4, 0.5) is 0 Å². The highest BCUT2D eigenvalue weighted by molar-refractivity contribution is 14.1. The van der Waals surface area contributed by atoms with Crippen LogP contribution in [0.15, 0.2) is 28.8 Å². The molecule has 0 atom stereocenters. The lowest BCUT2D eigenvalue weighted by Crippen LogP contribution is -2.22. The highest BCUT2D eigenvalue weighted by atomic mass is 127. The Bertz CT molecular complexity index is 496. The second-order valence-corrected chi connectivity index (χ2v) is 5.19. The lowest BCUT2D eigenvalue weighted by molar-refractivity contribution is 0.417. The van der Waals surface area contributed by atoms with E-state index >= 15 is 0 Å². The molecule has 1 aromatic heterocycles. The summed E-state index contributed by atoms with van der Waals surface area (Å²) in [7, 11) is 0. The molecule has 0 aliphatic heterocycles. The van der Waals surface area contributed by atoms with Crippen molar-refractivity contribution in [3.8, 4) is 11.5 Å². The van der Waals surface area contributed by atoms with E-state index in [0.717, 1.165) is 9.13 Å². The maximum absolute atomic E-state index is 5.26. The molecule has 2 rings (SSSR count). The van der Waals surface area contributed by atoms with E-state index in [1.807, 2.05) is 24.3 Å². The number of rotatable bonds is 4. The minimum atomic E-state index is 0.411. The van der Waals surface area contributed by atoms with Crippen LogP contribution in [0.3, 0.4) is 0 Å². The van der Waals surface area contributed by atoms with Crippen molar-refractivity contribution in [2.45, 2.75) is 26.4 Å². The van der Waals surface area contributed by atoms with E-state index in [0.29, 0.717) is 24.3 Å². The average molecular weight is 343 g/mol. The molecule has 90 valence electrons. The van der Waals surface area contributed by atoms with Crippen LogP contribution in [-0.4, -0.2) is 16.2 Å². The van der Waals surface area contributed by atoms with Gasteiger partial charge in [-0.05, 0) is 34.7 Å². The van der Waals surface area contributed by atoms with E-state index in [-0.39, 0.29) is 0 Å². The van der Waals surface area contributed by atoms with Crippen LogP contribution in [0.2, 0.25) is 0 Å². The first-order chi connectivity index (χ1) is 8.16. The van der Waals surface area contributed by atoms with Crippen LogP contribution in [0, 0.1) is 3.57 Å². The molecule has 0 aliphatic carbocycles. The van der Waals surface area contributed by atoms with Gasteiger partial charge in [-0.1, -0.05) is 31.1 Å². The molecule has 0 amide bonds. The molecule has 17 heavy (non-hydrogen) atoms. The van der Waals surface area contributed by atoms with Crippen LogP contribution in [0.1, 0.15) is 19.7 Å². The molecule has 2 aromatic rings. The van der Waals surface area contributed by atoms with Gasteiger partial charge in [0.1, 0.15) is 0 Å². The van der Waals surface area contributed by atoms with Crippen molar-refractivity contribution in [3.05, 3.63) is 33.7 Å². The van der Waals surface area contributed by atoms with Gasteiger partial charge >= 0.3 is 0 Å². The summed E-state index contributed by atoms with van der Waals surface area (Å²) < 4.78 is 6.37. The largest absolute Gasteiger partial charge is 0.334 e. The third-order valence-corrected chi connectivity index (χ3v) is 3.18. The van der Waals surface area contributed by atoms with Gasteiger partial charge < -0.3 is 9.84 Å². The molecular weight excluding hydrogens is 329 g/mol. The van der Waals surface area contributed by atoms with Crippen molar-refractivity contribution >= 4 is 22.6 Å². The number of aromatic nitrogens is 2. The Kier molecular flexibility index (Phi) is 4.11. The first-order valence-electron chi connectivity index (χ1n) is 5.47. The SMILES string of the molecule is CC(C)NCc1noc(-c2ccccc2I)n1. The predicted octanol–water partition coefficient (Wildman–Crippen LogP) is 2.84. The monoisotopic (exact) mass is 343 g/mol. The van der Waals surface area contributed by atoms with Gasteiger partial charge in [0.2, 0.25) is 0 Å². The van der Waals surface area contributed by atoms with E-state index < -0.39 is 0 Å². The zero-order valence-electron chi connectivity index (χ0n) is 9.77. The average Bonchev–Trinajstić information content (AvgIpc) is 2.75. The number of nitrogens with one attached hydrogen (secondary N) is 1. The number of hydrogen-bond donors (Lipinski definition) is 1. The fourth-order valence-electron chi connectivity index (χ4n) is 1.37. The fraction of sp³-hybridized carbons (Fsp3) is 0.333. The van der Waals surface area contributed by atoms with Gasteiger partial charge in [-0.3, -0.25) is 0 Å². The summed E-state index contributed by atoms with van der Waals surface area (Å²) in [6.07, 6.45) is 0. The second kappa shape index (κ2) is 5.59. The van der Waals surface area contributed by atoms with E-state index in [1.165, 1.54) is 0 Å². The molecule has 0 spiro atoms. The molecule has 0 saturated carbocycles. The molecule has 0 radical (unpaired) electrons. The first-order valence-corrected chi connectivity index (χ1v) is 6.55. The molecule has 5 heteroatoms. The lowest BCUT2D eigenvalue weighted by Gasteiger charge is -2.03. The van der Waals surface area contributed by atoms with Gasteiger partial charge in [0.05, 0.1) is 12.1 Å². The predicted molar refractivity (Wildman–Crippen MR) is 74.4 cm³/mol. The van der Waals surface area contributed by atoms with Gasteiger partial charge in [-0.25, -0.2) is 0 Å². The molecule has 1 aromatic carbocycles. The molecule has 0 fully saturated rings. The minimum absolute atomic E-state index is 0.411. The van der Waals surface area contributed by atoms with Crippen molar-refractivity contribution in [2.75, 3.05) is 0 Å². The quantitative estimate of drug-likeness (QED) is 0.868. The summed E-state index contributed by atoms with van der Waals surface area (Å²) in [5, 5.41) is 7.21. The molecule has 0 saturated heterocycles. The highest BCUT2D eigenvalue weighted by Crippen LogP contribution is 2.22. The van der Waals surface area contributed by atoms with Gasteiger partial charge in [-0.15, -0.1) is 0 Å². The third kappa shape index (κ3) is 3.26. The minimum Gasteiger partial charge on any atom is -0.334 e. The zero-order valence-corrected chi connectivity index (χ0v) is 11.9. The van der Waals surface area contributed by atoms with Crippen molar-refractivity contribution < 1.29 is 4.52 Å². The Labute approximate surface area is 114 Å². The smallest absolute Gasteiger partial charge is 0.259 e. The van der Waals surface area contributed by atoms with Crippen LogP contribution in [-0.2, 0) is 6.54 Å². The summed E-state index contributed by atoms with van der Waals surface area (Å²) in [4.78, 5) is 4.37. The van der Waals surface area contributed by atoms with Crippen LogP contribution in [0.5, 0.6) is 0 Å². The van der Waals surface area contributed by atoms with Gasteiger partial charge in [-0.2, -0.15) is 4.98 Å². The van der Waals surface area contributed by atoms with Crippen LogP contribution >= 0.6 is 22.6 Å². The molecule has 1 heterocycles. The van der Waals surface area contributed by atoms with E-state index in [2.05, 4.69) is 51.9 Å². The standard InChI is InChI=1S/C12H14IN3O/c1-8(2)14-7-11-15-12(17-16-11)9-5-3-4-6-10(9)13/h3-6,8,14H,7H2,1-2H3. The summed E-state index contributed by atoms with van der Waals surface area (Å²) >= 11 is 2.26. The molecule has 0 bridgehead atoms. The Morgan fingerprint density at radius 1 is 1.35 bits per heavy atom. The van der Waals surface area contributed by atoms with Crippen molar-refractivity contribution in [1.29, 1.82) is 0 Å². The maximum atomic E-state index is 5.26. The van der Waals surface area contributed by atoms with Gasteiger partial charge in [0, 0.05) is 9.61 Å². The van der Waals surface area contributed by atoms with Crippen LogP contribution < -0.4 is 5.32 Å². The Hall–Kier alpha value is -0.950. The van der Waals surface area contributed by atoms with Crippen molar-refractivity contribution in [2.24, 2.45) is 0 Å². The number of halogens is 1. The number of hydrogen-bond acceptors (Lipinski definition) is 4. The lowest BCUT2D eigenvalue weighted by atomic mass is 10.2. The van der Waals surface area contributed by atoms with Gasteiger partial charge in [0.25, 0.3) is 5.89 Å². The molecule has 0 aliphatic rings. The normalized spacial score (nSPS) is 11.1. The molecule has 0 unspecified atom stereocenters. The highest BCUT2D eigenvalue weighted by Gasteiger charge is 2.11. The van der Waals surface area contributed by atoms with Crippen molar-refractivity contribution in [1.82, 2.24) is 15.5 Å². The Morgan fingerprint density at radius 3 is 2.82 bits per heavy atom. The summed E-state index contributed by atoms with van der Waals surface area (Å²) in [5.74, 6) is 1.27. The molecule has 1 N–H and O–H groups in total. The van der Waals surface area contributed by atoms with E-state index in [1.54, 1.807) is 0 Å². The number of nitrogens with zero attached hydrogens (tertiary/aromatic N) is 2. The summed E-state index contributed by atoms with van der Waals surface area (Å²) in [5.41, 5.74) is 0.983. The van der Waals surface area contributed by atoms with Crippen LogP contribution in [0.25, 0.3) is 11.5 Å². The van der Waals surface area contributed by atoms with Crippen molar-refractivity contribution in [3.63, 3.8) is 0 Å². The first kappa shape index (κ1) is 12.5. The Morgan fingerprint density at radius 2 is 2.12 bits per heavy atom. The number of benzene rings is 1. The Balaban J connectivity index is 2.16. The molecular formula is C12H14IN3O.